The van der Waals surface area contributed by atoms with Gasteiger partial charge in [-0.2, -0.15) is 0 Å². The molecule has 2 heteroatoms. The molecule has 2 nitrogen and oxygen atoms in total. The highest BCUT2D eigenvalue weighted by Gasteiger charge is 2.46. The third-order valence-corrected chi connectivity index (χ3v) is 9.58. The molecule has 1 atom stereocenters. The highest BCUT2D eigenvalue weighted by Crippen LogP contribution is 2.57. The van der Waals surface area contributed by atoms with E-state index in [4.69, 9.17) is 9.97 Å². The minimum atomic E-state index is -0.469. The number of rotatable bonds is 10. The molecular formula is C49H40N2. The van der Waals surface area contributed by atoms with Gasteiger partial charge < -0.3 is 0 Å². The van der Waals surface area contributed by atoms with Crippen molar-refractivity contribution < 1.29 is 0 Å². The van der Waals surface area contributed by atoms with Gasteiger partial charge in [0.1, 0.15) is 0 Å². The van der Waals surface area contributed by atoms with Crippen LogP contribution in [0.2, 0.25) is 0 Å². The van der Waals surface area contributed by atoms with E-state index in [9.17, 15) is 0 Å². The van der Waals surface area contributed by atoms with Crippen molar-refractivity contribution in [3.8, 4) is 44.8 Å². The summed E-state index contributed by atoms with van der Waals surface area (Å²) in [5.74, 6) is 0.644. The van der Waals surface area contributed by atoms with E-state index >= 15 is 0 Å². The summed E-state index contributed by atoms with van der Waals surface area (Å²) in [4.78, 5) is 9.96. The van der Waals surface area contributed by atoms with Crippen molar-refractivity contribution in [2.24, 2.45) is 0 Å². The summed E-state index contributed by atoms with van der Waals surface area (Å²) in [7, 11) is 0. The zero-order valence-electron chi connectivity index (χ0n) is 29.1. The Morgan fingerprint density at radius 3 is 1.84 bits per heavy atom. The molecule has 0 N–H and O–H groups in total. The molecule has 0 saturated carbocycles. The Balaban J connectivity index is 1.34. The van der Waals surface area contributed by atoms with Crippen molar-refractivity contribution in [1.29, 1.82) is 0 Å². The first kappa shape index (κ1) is 33.1. The Morgan fingerprint density at radius 2 is 1.18 bits per heavy atom. The summed E-state index contributed by atoms with van der Waals surface area (Å²) in [6.07, 6.45) is 16.2. The fourth-order valence-electron chi connectivity index (χ4n) is 7.30. The molecule has 1 aromatic heterocycles. The topological polar surface area (TPSA) is 25.8 Å². The highest BCUT2D eigenvalue weighted by atomic mass is 14.9. The van der Waals surface area contributed by atoms with Crippen LogP contribution >= 0.6 is 0 Å². The molecule has 0 aliphatic heterocycles. The van der Waals surface area contributed by atoms with E-state index in [1.165, 1.54) is 33.4 Å². The Bertz CT molecular complexity index is 2340. The van der Waals surface area contributed by atoms with Gasteiger partial charge in [-0.3, -0.25) is 0 Å². The quantitative estimate of drug-likeness (QED) is 0.137. The molecular weight excluding hydrogens is 617 g/mol. The largest absolute Gasteiger partial charge is 0.228 e. The van der Waals surface area contributed by atoms with Gasteiger partial charge >= 0.3 is 0 Å². The number of hydrogen-bond acceptors (Lipinski definition) is 2. The van der Waals surface area contributed by atoms with Gasteiger partial charge in [0.05, 0.1) is 16.8 Å². The molecule has 0 radical (unpaired) electrons. The first-order chi connectivity index (χ1) is 25.1. The third kappa shape index (κ3) is 6.06. The van der Waals surface area contributed by atoms with E-state index in [-0.39, 0.29) is 0 Å². The number of aromatic nitrogens is 2. The average molecular weight is 657 g/mol. The van der Waals surface area contributed by atoms with Crippen molar-refractivity contribution in [3.63, 3.8) is 0 Å². The lowest BCUT2D eigenvalue weighted by atomic mass is 9.67. The molecule has 5 aromatic carbocycles. The Hall–Kier alpha value is -6.38. The number of fused-ring (bicyclic) bond motifs is 3. The van der Waals surface area contributed by atoms with Crippen LogP contribution in [-0.2, 0) is 5.41 Å². The minimum Gasteiger partial charge on any atom is -0.228 e. The second-order valence-corrected chi connectivity index (χ2v) is 12.5. The molecule has 1 aliphatic carbocycles. The van der Waals surface area contributed by atoms with E-state index in [2.05, 4.69) is 154 Å². The van der Waals surface area contributed by atoms with E-state index in [1.807, 2.05) is 55.5 Å². The first-order valence-electron chi connectivity index (χ1n) is 17.4. The van der Waals surface area contributed by atoms with Gasteiger partial charge in [-0.25, -0.2) is 9.97 Å². The van der Waals surface area contributed by atoms with Gasteiger partial charge in [0.25, 0.3) is 0 Å². The second kappa shape index (κ2) is 14.6. The van der Waals surface area contributed by atoms with Gasteiger partial charge in [-0.15, -0.1) is 0 Å². The maximum absolute atomic E-state index is 5.02. The first-order valence-corrected chi connectivity index (χ1v) is 17.4. The number of benzene rings is 5. The summed E-state index contributed by atoms with van der Waals surface area (Å²) >= 11 is 0. The molecule has 6 aromatic rings. The summed E-state index contributed by atoms with van der Waals surface area (Å²) < 4.78 is 0. The number of allylic oxidation sites excluding steroid dienone is 10. The molecule has 0 amide bonds. The predicted octanol–water partition coefficient (Wildman–Crippen LogP) is 12.6. The average Bonchev–Trinajstić information content (AvgIpc) is 3.49. The van der Waals surface area contributed by atoms with E-state index in [0.29, 0.717) is 5.82 Å². The molecule has 0 spiro atoms. The Kier molecular flexibility index (Phi) is 9.50. The van der Waals surface area contributed by atoms with Gasteiger partial charge in [-0.1, -0.05) is 183 Å². The molecule has 0 saturated heterocycles. The van der Waals surface area contributed by atoms with Crippen LogP contribution in [0.3, 0.4) is 0 Å². The summed E-state index contributed by atoms with van der Waals surface area (Å²) in [6, 6.07) is 47.6. The fourth-order valence-corrected chi connectivity index (χ4v) is 7.30. The smallest absolute Gasteiger partial charge is 0.160 e. The molecule has 1 heterocycles. The van der Waals surface area contributed by atoms with E-state index in [1.54, 1.807) is 0 Å². The maximum atomic E-state index is 5.02. The Labute approximate surface area is 301 Å². The van der Waals surface area contributed by atoms with Gasteiger partial charge in [0.15, 0.2) is 5.82 Å². The van der Waals surface area contributed by atoms with Crippen molar-refractivity contribution in [2.45, 2.75) is 19.3 Å². The van der Waals surface area contributed by atoms with Gasteiger partial charge in [0, 0.05) is 16.7 Å². The molecule has 0 bridgehead atoms. The van der Waals surface area contributed by atoms with Crippen LogP contribution < -0.4 is 0 Å². The lowest BCUT2D eigenvalue weighted by Gasteiger charge is -2.34. The number of hydrogen-bond donors (Lipinski definition) is 0. The molecule has 1 unspecified atom stereocenters. The molecule has 0 fully saturated rings. The van der Waals surface area contributed by atoms with E-state index in [0.717, 1.165) is 39.2 Å². The van der Waals surface area contributed by atoms with Crippen molar-refractivity contribution >= 4 is 5.57 Å². The molecule has 1 aliphatic rings. The summed E-state index contributed by atoms with van der Waals surface area (Å²) in [5.41, 5.74) is 14.0. The lowest BCUT2D eigenvalue weighted by molar-refractivity contribution is 0.767. The zero-order chi connectivity index (χ0) is 35.2. The second-order valence-electron chi connectivity index (χ2n) is 12.5. The Morgan fingerprint density at radius 1 is 0.569 bits per heavy atom. The van der Waals surface area contributed by atoms with Gasteiger partial charge in [0.2, 0.25) is 0 Å². The fraction of sp³-hybridized carbons (Fsp3) is 0.0612. The van der Waals surface area contributed by atoms with Crippen LogP contribution in [-0.4, -0.2) is 9.97 Å². The standard InChI is InChI=1S/C49H40N2/c1-5-9-20-35(8-4)48-50-46(37-21-12-10-13-22-37)34-47(51-48)38-29-27-36(28-30-38)39-31-32-45-43(33-39)42-25-16-17-26-44(42)49(45,40(18-6-2)19-7-3)41-23-14-11-15-24-41/h5-34H,2,4H2,1,3H3/b9-5-,19-7-,35-20+,40-18+. The summed E-state index contributed by atoms with van der Waals surface area (Å²) in [5, 5.41) is 0. The monoisotopic (exact) mass is 656 g/mol. The summed E-state index contributed by atoms with van der Waals surface area (Å²) in [6.45, 7) is 12.2. The van der Waals surface area contributed by atoms with E-state index < -0.39 is 5.41 Å². The van der Waals surface area contributed by atoms with Crippen LogP contribution in [0.25, 0.3) is 50.3 Å². The number of nitrogens with zero attached hydrogens (tertiary/aromatic N) is 2. The van der Waals surface area contributed by atoms with Crippen molar-refractivity contribution in [1.82, 2.24) is 9.97 Å². The van der Waals surface area contributed by atoms with Crippen LogP contribution in [0.1, 0.15) is 36.4 Å². The van der Waals surface area contributed by atoms with Crippen molar-refractivity contribution in [3.05, 3.63) is 223 Å². The van der Waals surface area contributed by atoms with Crippen LogP contribution in [0.15, 0.2) is 201 Å². The predicted molar refractivity (Wildman–Crippen MR) is 216 cm³/mol. The SMILES string of the molecule is C=C/C=C(\C=C/C)C1(c2ccccc2)c2ccccc2-c2cc(-c3ccc(-c4cc(-c5ccccc5)nc(/C(C=C)=C/C=C\C)n4)cc3)ccc21. The maximum Gasteiger partial charge on any atom is 0.160 e. The zero-order valence-corrected chi connectivity index (χ0v) is 29.1. The minimum absolute atomic E-state index is 0.469. The van der Waals surface area contributed by atoms with Gasteiger partial charge in [-0.05, 0) is 70.5 Å². The van der Waals surface area contributed by atoms with Crippen LogP contribution in [0.5, 0.6) is 0 Å². The third-order valence-electron chi connectivity index (χ3n) is 9.58. The highest BCUT2D eigenvalue weighted by molar-refractivity contribution is 5.89. The lowest BCUT2D eigenvalue weighted by Crippen LogP contribution is -2.29. The van der Waals surface area contributed by atoms with Crippen molar-refractivity contribution in [2.75, 3.05) is 0 Å². The van der Waals surface area contributed by atoms with Crippen LogP contribution in [0.4, 0.5) is 0 Å². The van der Waals surface area contributed by atoms with Crippen LogP contribution in [0, 0.1) is 0 Å². The normalized spacial score (nSPS) is 15.6. The molecule has 246 valence electrons. The molecule has 7 rings (SSSR count). The molecule has 51 heavy (non-hydrogen) atoms.